The lowest BCUT2D eigenvalue weighted by Gasteiger charge is -2.08. The van der Waals surface area contributed by atoms with E-state index in [-0.39, 0.29) is 12.0 Å². The van der Waals surface area contributed by atoms with Crippen LogP contribution in [0.5, 0.6) is 5.75 Å². The topological polar surface area (TPSA) is 47.6 Å². The normalized spacial score (nSPS) is 16.0. The molecule has 4 nitrogen and oxygen atoms in total. The van der Waals surface area contributed by atoms with Crippen molar-refractivity contribution < 1.29 is 14.3 Å². The highest BCUT2D eigenvalue weighted by Gasteiger charge is 2.27. The van der Waals surface area contributed by atoms with E-state index in [0.29, 0.717) is 13.0 Å². The van der Waals surface area contributed by atoms with Crippen molar-refractivity contribution >= 4 is 11.7 Å². The minimum atomic E-state index is -0.297. The van der Waals surface area contributed by atoms with E-state index >= 15 is 0 Å². The Morgan fingerprint density at radius 2 is 2.05 bits per heavy atom. The molecule has 0 bridgehead atoms. The molecule has 1 unspecified atom stereocenters. The summed E-state index contributed by atoms with van der Waals surface area (Å²) in [5.74, 6) is 0.572. The van der Waals surface area contributed by atoms with Gasteiger partial charge in [-0.1, -0.05) is 30.3 Å². The maximum atomic E-state index is 11.6. The molecule has 0 aliphatic carbocycles. The number of carbonyl (C=O) groups excluding carboxylic acids is 1. The van der Waals surface area contributed by atoms with E-state index in [4.69, 9.17) is 9.47 Å². The SMILES string of the molecule is COC(=O)C1Cc2cc(OCc3ccccc3)ccc2N1. The van der Waals surface area contributed by atoms with Crippen LogP contribution in [-0.4, -0.2) is 19.1 Å². The van der Waals surface area contributed by atoms with Gasteiger partial charge in [-0.05, 0) is 29.3 Å². The van der Waals surface area contributed by atoms with E-state index < -0.39 is 0 Å². The van der Waals surface area contributed by atoms with Gasteiger partial charge in [0.05, 0.1) is 7.11 Å². The average Bonchev–Trinajstić information content (AvgIpc) is 2.96. The number of methoxy groups -OCH3 is 1. The van der Waals surface area contributed by atoms with Crippen LogP contribution in [0.3, 0.4) is 0 Å². The molecule has 21 heavy (non-hydrogen) atoms. The fourth-order valence-electron chi connectivity index (χ4n) is 2.45. The third-order valence-corrected chi connectivity index (χ3v) is 3.56. The van der Waals surface area contributed by atoms with Gasteiger partial charge in [-0.15, -0.1) is 0 Å². The van der Waals surface area contributed by atoms with Crippen molar-refractivity contribution in [3.8, 4) is 5.75 Å². The number of rotatable bonds is 4. The molecular weight excluding hydrogens is 266 g/mol. The van der Waals surface area contributed by atoms with Gasteiger partial charge in [-0.25, -0.2) is 4.79 Å². The summed E-state index contributed by atoms with van der Waals surface area (Å²) in [5, 5.41) is 3.16. The van der Waals surface area contributed by atoms with Crippen LogP contribution < -0.4 is 10.1 Å². The van der Waals surface area contributed by atoms with Crippen molar-refractivity contribution in [3.05, 3.63) is 59.7 Å². The molecule has 0 fully saturated rings. The van der Waals surface area contributed by atoms with E-state index in [1.54, 1.807) is 0 Å². The molecule has 1 heterocycles. The summed E-state index contributed by atoms with van der Waals surface area (Å²) in [5.41, 5.74) is 3.18. The first-order valence-electron chi connectivity index (χ1n) is 6.90. The predicted octanol–water partition coefficient (Wildman–Crippen LogP) is 2.78. The fourth-order valence-corrected chi connectivity index (χ4v) is 2.45. The third kappa shape index (κ3) is 2.99. The molecule has 0 saturated heterocycles. The monoisotopic (exact) mass is 283 g/mol. The molecule has 1 aliphatic rings. The molecule has 0 saturated carbocycles. The number of hydrogen-bond donors (Lipinski definition) is 1. The van der Waals surface area contributed by atoms with Crippen LogP contribution in [0.15, 0.2) is 48.5 Å². The van der Waals surface area contributed by atoms with Gasteiger partial charge < -0.3 is 14.8 Å². The van der Waals surface area contributed by atoms with E-state index in [9.17, 15) is 4.79 Å². The number of benzene rings is 2. The molecule has 1 atom stereocenters. The molecule has 0 spiro atoms. The molecule has 1 aliphatic heterocycles. The van der Waals surface area contributed by atoms with Crippen molar-refractivity contribution in [3.63, 3.8) is 0 Å². The summed E-state index contributed by atoms with van der Waals surface area (Å²) < 4.78 is 10.6. The zero-order valence-corrected chi connectivity index (χ0v) is 11.8. The minimum Gasteiger partial charge on any atom is -0.489 e. The van der Waals surface area contributed by atoms with Gasteiger partial charge >= 0.3 is 5.97 Å². The number of fused-ring (bicyclic) bond motifs is 1. The largest absolute Gasteiger partial charge is 0.489 e. The second-order valence-electron chi connectivity index (χ2n) is 5.02. The summed E-state index contributed by atoms with van der Waals surface area (Å²) in [4.78, 5) is 11.6. The van der Waals surface area contributed by atoms with Crippen LogP contribution in [0.1, 0.15) is 11.1 Å². The third-order valence-electron chi connectivity index (χ3n) is 3.56. The Balaban J connectivity index is 1.67. The van der Waals surface area contributed by atoms with Crippen LogP contribution in [0, 0.1) is 0 Å². The van der Waals surface area contributed by atoms with Crippen molar-refractivity contribution in [2.45, 2.75) is 19.1 Å². The first kappa shape index (κ1) is 13.5. The number of nitrogens with one attached hydrogen (secondary N) is 1. The number of hydrogen-bond acceptors (Lipinski definition) is 4. The van der Waals surface area contributed by atoms with Crippen LogP contribution in [-0.2, 0) is 22.6 Å². The van der Waals surface area contributed by atoms with Gasteiger partial charge in [0, 0.05) is 12.1 Å². The number of esters is 1. The Bertz CT molecular complexity index is 640. The highest BCUT2D eigenvalue weighted by Crippen LogP contribution is 2.30. The molecule has 1 N–H and O–H groups in total. The standard InChI is InChI=1S/C17H17NO3/c1-20-17(19)16-10-13-9-14(7-8-15(13)18-16)21-11-12-5-3-2-4-6-12/h2-9,16,18H,10-11H2,1H3. The van der Waals surface area contributed by atoms with E-state index in [1.165, 1.54) is 7.11 Å². The highest BCUT2D eigenvalue weighted by molar-refractivity contribution is 5.82. The zero-order valence-electron chi connectivity index (χ0n) is 11.8. The molecule has 0 aromatic heterocycles. The first-order valence-corrected chi connectivity index (χ1v) is 6.90. The van der Waals surface area contributed by atoms with Crippen LogP contribution in [0.2, 0.25) is 0 Å². The van der Waals surface area contributed by atoms with Gasteiger partial charge in [-0.3, -0.25) is 0 Å². The molecule has 4 heteroatoms. The lowest BCUT2D eigenvalue weighted by Crippen LogP contribution is -2.27. The lowest BCUT2D eigenvalue weighted by atomic mass is 10.1. The smallest absolute Gasteiger partial charge is 0.328 e. The summed E-state index contributed by atoms with van der Waals surface area (Å²) in [6.45, 7) is 0.535. The second kappa shape index (κ2) is 5.87. The maximum Gasteiger partial charge on any atom is 0.328 e. The Morgan fingerprint density at radius 3 is 2.81 bits per heavy atom. The quantitative estimate of drug-likeness (QED) is 0.877. The van der Waals surface area contributed by atoms with Gasteiger partial charge in [0.2, 0.25) is 0 Å². The maximum absolute atomic E-state index is 11.6. The summed E-state index contributed by atoms with van der Waals surface area (Å²) in [6.07, 6.45) is 0.630. The molecule has 2 aromatic rings. The van der Waals surface area contributed by atoms with Gasteiger partial charge in [0.1, 0.15) is 18.4 Å². The zero-order chi connectivity index (χ0) is 14.7. The predicted molar refractivity (Wildman–Crippen MR) is 80.3 cm³/mol. The molecule has 2 aromatic carbocycles. The van der Waals surface area contributed by atoms with Crippen LogP contribution in [0.4, 0.5) is 5.69 Å². The van der Waals surface area contributed by atoms with E-state index in [0.717, 1.165) is 22.6 Å². The molecule has 3 rings (SSSR count). The van der Waals surface area contributed by atoms with E-state index in [1.807, 2.05) is 48.5 Å². The molecule has 108 valence electrons. The van der Waals surface area contributed by atoms with Crippen molar-refractivity contribution in [1.82, 2.24) is 0 Å². The highest BCUT2D eigenvalue weighted by atomic mass is 16.5. The minimum absolute atomic E-state index is 0.238. The van der Waals surface area contributed by atoms with Crippen LogP contribution in [0.25, 0.3) is 0 Å². The second-order valence-corrected chi connectivity index (χ2v) is 5.02. The van der Waals surface area contributed by atoms with Gasteiger partial charge in [-0.2, -0.15) is 0 Å². The number of carbonyl (C=O) groups is 1. The fraction of sp³-hybridized carbons (Fsp3) is 0.235. The van der Waals surface area contributed by atoms with Crippen LogP contribution >= 0.6 is 0 Å². The summed E-state index contributed by atoms with van der Waals surface area (Å²) >= 11 is 0. The average molecular weight is 283 g/mol. The van der Waals surface area contributed by atoms with E-state index in [2.05, 4.69) is 5.32 Å². The van der Waals surface area contributed by atoms with Crippen molar-refractivity contribution in [1.29, 1.82) is 0 Å². The van der Waals surface area contributed by atoms with Gasteiger partial charge in [0.25, 0.3) is 0 Å². The van der Waals surface area contributed by atoms with Gasteiger partial charge in [0.15, 0.2) is 0 Å². The van der Waals surface area contributed by atoms with Crippen molar-refractivity contribution in [2.24, 2.45) is 0 Å². The number of anilines is 1. The Labute approximate surface area is 123 Å². The first-order chi connectivity index (χ1) is 10.3. The molecule has 0 amide bonds. The summed E-state index contributed by atoms with van der Waals surface area (Å²) in [7, 11) is 1.40. The summed E-state index contributed by atoms with van der Waals surface area (Å²) in [6, 6.07) is 15.6. The number of ether oxygens (including phenoxy) is 2. The molecule has 0 radical (unpaired) electrons. The Hall–Kier alpha value is -2.49. The molecular formula is C17H17NO3. The lowest BCUT2D eigenvalue weighted by molar-refractivity contribution is -0.141. The Kier molecular flexibility index (Phi) is 3.77. The van der Waals surface area contributed by atoms with Crippen molar-refractivity contribution in [2.75, 3.05) is 12.4 Å². The Morgan fingerprint density at radius 1 is 1.24 bits per heavy atom.